The van der Waals surface area contributed by atoms with Gasteiger partial charge in [-0.3, -0.25) is 0 Å². The highest BCUT2D eigenvalue weighted by Gasteiger charge is 2.50. The van der Waals surface area contributed by atoms with Gasteiger partial charge in [0.1, 0.15) is 18.7 Å². The average molecular weight is 809 g/mol. The number of quaternary nitrogens is 1. The maximum absolute atomic E-state index is 13.8. The Hall–Kier alpha value is -5.52. The van der Waals surface area contributed by atoms with Gasteiger partial charge in [-0.1, -0.05) is 100 Å². The van der Waals surface area contributed by atoms with Crippen LogP contribution >= 0.6 is 0 Å². The van der Waals surface area contributed by atoms with Crippen molar-refractivity contribution in [2.24, 2.45) is 10.2 Å². The number of hydroxylamine groups is 3. The molecule has 0 aromatic heterocycles. The molecule has 10 heteroatoms. The second kappa shape index (κ2) is 16.6. The lowest BCUT2D eigenvalue weighted by Crippen LogP contribution is -2.53. The van der Waals surface area contributed by atoms with Crippen LogP contribution in [0.25, 0.3) is 16.9 Å². The molecule has 0 bridgehead atoms. The molecule has 0 saturated carbocycles. The Bertz CT molecular complexity index is 2410. The van der Waals surface area contributed by atoms with Gasteiger partial charge in [0.15, 0.2) is 17.5 Å². The molecule has 0 amide bonds. The van der Waals surface area contributed by atoms with Crippen molar-refractivity contribution in [3.05, 3.63) is 123 Å². The molecular formula is C49H60N6O3Si. The summed E-state index contributed by atoms with van der Waals surface area (Å²) in [6.45, 7) is 23.9. The van der Waals surface area contributed by atoms with E-state index in [9.17, 15) is 15.6 Å². The second-order valence-electron chi connectivity index (χ2n) is 19.9. The Labute approximate surface area is 353 Å². The topological polar surface area (TPSA) is 110 Å². The van der Waals surface area contributed by atoms with Gasteiger partial charge in [0.2, 0.25) is 0 Å². The second-order valence-corrected chi connectivity index (χ2v) is 25.2. The monoisotopic (exact) mass is 808 g/mol. The fourth-order valence-electron chi connectivity index (χ4n) is 6.93. The summed E-state index contributed by atoms with van der Waals surface area (Å²) in [6.07, 6.45) is 3.34. The van der Waals surface area contributed by atoms with Gasteiger partial charge in [-0.25, -0.2) is 4.74 Å². The van der Waals surface area contributed by atoms with Crippen LogP contribution in [-0.2, 0) is 4.84 Å². The van der Waals surface area contributed by atoms with Crippen LogP contribution in [0, 0.1) is 28.4 Å². The van der Waals surface area contributed by atoms with Crippen LogP contribution in [0.2, 0.25) is 18.1 Å². The van der Waals surface area contributed by atoms with Crippen molar-refractivity contribution in [1.29, 1.82) is 5.26 Å². The molecule has 308 valence electrons. The summed E-state index contributed by atoms with van der Waals surface area (Å²) in [5.74, 6) is 6.75. The number of rotatable bonds is 8. The summed E-state index contributed by atoms with van der Waals surface area (Å²) < 4.78 is 1.54. The molecule has 1 heterocycles. The minimum Gasteiger partial charge on any atom is -0.857 e. The first-order valence-electron chi connectivity index (χ1n) is 20.1. The van der Waals surface area contributed by atoms with Crippen LogP contribution in [0.15, 0.2) is 94.6 Å². The number of nitrogens with zero attached hydrogens (tertiary/aromatic N) is 6. The van der Waals surface area contributed by atoms with Crippen molar-refractivity contribution in [3.8, 4) is 29.0 Å². The molecule has 2 aromatic carbocycles. The van der Waals surface area contributed by atoms with E-state index in [4.69, 9.17) is 4.84 Å². The number of benzene rings is 2. The molecule has 0 spiro atoms. The molecule has 2 aromatic rings. The van der Waals surface area contributed by atoms with E-state index in [0.29, 0.717) is 15.8 Å². The molecule has 3 aliphatic rings. The van der Waals surface area contributed by atoms with E-state index in [0.717, 1.165) is 54.4 Å². The van der Waals surface area contributed by atoms with E-state index in [2.05, 4.69) is 94.9 Å². The van der Waals surface area contributed by atoms with Gasteiger partial charge < -0.3 is 19.6 Å². The Kier molecular flexibility index (Phi) is 12.6. The first-order valence-corrected chi connectivity index (χ1v) is 23.1. The Morgan fingerprint density at radius 1 is 0.881 bits per heavy atom. The molecule has 0 N–H and O–H groups in total. The van der Waals surface area contributed by atoms with Gasteiger partial charge in [-0.2, -0.15) is 15.5 Å². The van der Waals surface area contributed by atoms with Crippen molar-refractivity contribution in [3.63, 3.8) is 0 Å². The van der Waals surface area contributed by atoms with Crippen LogP contribution in [-0.4, -0.2) is 79.5 Å². The molecule has 1 unspecified atom stereocenters. The molecule has 0 saturated heterocycles. The first kappa shape index (κ1) is 44.6. The Morgan fingerprint density at radius 2 is 1.49 bits per heavy atom. The number of hydrogen-bond acceptors (Lipinski definition) is 7. The van der Waals surface area contributed by atoms with E-state index in [1.54, 1.807) is 12.4 Å². The molecule has 9 nitrogen and oxygen atoms in total. The molecule has 2 aliphatic carbocycles. The molecule has 0 radical (unpaired) electrons. The predicted molar refractivity (Wildman–Crippen MR) is 243 cm³/mol. The minimum absolute atomic E-state index is 0.100. The number of nitriles is 1. The number of fused-ring (bicyclic) bond motifs is 1. The lowest BCUT2D eigenvalue weighted by Gasteiger charge is -2.41. The predicted octanol–water partition coefficient (Wildman–Crippen LogP) is 8.45. The van der Waals surface area contributed by atoms with Gasteiger partial charge in [0.25, 0.3) is 0 Å². The highest BCUT2D eigenvalue weighted by atomic mass is 28.3. The van der Waals surface area contributed by atoms with Crippen molar-refractivity contribution in [2.75, 3.05) is 27.7 Å². The van der Waals surface area contributed by atoms with Crippen LogP contribution in [0.4, 0.5) is 0 Å². The zero-order valence-electron chi connectivity index (χ0n) is 37.4. The van der Waals surface area contributed by atoms with E-state index < -0.39 is 25.2 Å². The van der Waals surface area contributed by atoms with Gasteiger partial charge >= 0.3 is 0 Å². The quantitative estimate of drug-likeness (QED) is 0.0260. The summed E-state index contributed by atoms with van der Waals surface area (Å²) in [4.78, 5) is 6.89. The van der Waals surface area contributed by atoms with Gasteiger partial charge in [0, 0.05) is 54.5 Å². The lowest BCUT2D eigenvalue weighted by atomic mass is 9.92. The average Bonchev–Trinajstić information content (AvgIpc) is 3.54. The third-order valence-corrected chi connectivity index (χ3v) is 16.4. The van der Waals surface area contributed by atoms with Gasteiger partial charge in [0.05, 0.1) is 41.0 Å². The maximum Gasteiger partial charge on any atom is 0.182 e. The molecule has 59 heavy (non-hydrogen) atoms. The number of hydrogen-bond donors (Lipinski definition) is 0. The van der Waals surface area contributed by atoms with Crippen molar-refractivity contribution in [2.45, 2.75) is 97.6 Å². The summed E-state index contributed by atoms with van der Waals surface area (Å²) in [7, 11) is 3.34. The highest BCUT2D eigenvalue weighted by molar-refractivity contribution is 6.93. The van der Waals surface area contributed by atoms with Crippen LogP contribution in [0.5, 0.6) is 0 Å². The maximum atomic E-state index is 13.8. The third kappa shape index (κ3) is 10.0. The fraction of sp³-hybridized carbons (Fsp3) is 0.388. The van der Waals surface area contributed by atoms with Crippen molar-refractivity contribution < 1.29 is 19.2 Å². The summed E-state index contributed by atoms with van der Waals surface area (Å²) >= 11 is 0. The molecular weight excluding hydrogens is 749 g/mol. The Morgan fingerprint density at radius 3 is 2.07 bits per heavy atom. The minimum atomic E-state index is -2.44. The molecule has 0 fully saturated rings. The summed E-state index contributed by atoms with van der Waals surface area (Å²) in [5.41, 5.74) is 6.27. The summed E-state index contributed by atoms with van der Waals surface area (Å²) in [5, 5.41) is 48.0. The third-order valence-electron chi connectivity index (χ3n) is 10.9. The Balaban J connectivity index is 1.67. The zero-order valence-corrected chi connectivity index (χ0v) is 38.4. The zero-order chi connectivity index (χ0) is 43.7. The lowest BCUT2D eigenvalue weighted by molar-refractivity contribution is -0.863. The highest BCUT2D eigenvalue weighted by Crippen LogP contribution is 2.51. The standard InChI is InChI=1S/C49H60N6O3Si/c1-47(2,3)53(57)32-41-38-24-16-15-17-25-39(38)43(46(41)59(13,14)49(7,8)9)44-40(30-50)45(58-54(44)48(4,5)6)37-23-19-21-35(29-37)27-26-34-20-18-22-36(28-34)31-51-52-42(56)33-55(10,11)12/h15-25,28-29,31-32,44H,33H2,1-14H3/b51-31+,53-32-. The smallest absolute Gasteiger partial charge is 0.182 e. The van der Waals surface area contributed by atoms with Crippen LogP contribution < -0.4 is 10.3 Å². The van der Waals surface area contributed by atoms with Crippen LogP contribution in [0.1, 0.15) is 102 Å². The van der Waals surface area contributed by atoms with Gasteiger partial charge in [-0.15, -0.1) is 5.06 Å². The molecule has 1 aliphatic heterocycles. The van der Waals surface area contributed by atoms with Crippen LogP contribution in [0.3, 0.4) is 0 Å². The van der Waals surface area contributed by atoms with Crippen molar-refractivity contribution >= 4 is 37.3 Å². The fourth-order valence-corrected chi connectivity index (χ4v) is 9.50. The van der Waals surface area contributed by atoms with E-state index >= 15 is 0 Å². The van der Waals surface area contributed by atoms with E-state index in [1.165, 1.54) is 0 Å². The SMILES string of the molecule is CC(C)(C)N1OC(c2cccc(C#Cc3cccc(/C=N/N=C(\[O-])C[N+](C)(C)C)c3)c2)=C(C#N)C1c1c2cccccc-2c(/C=[N+](\[O-])C(C)(C)C)c1[Si](C)(C)C(C)(C)C. The normalized spacial score (nSPS) is 16.3. The van der Waals surface area contributed by atoms with Gasteiger partial charge in [-0.05, 0) is 77.5 Å². The van der Waals surface area contributed by atoms with Crippen molar-refractivity contribution in [1.82, 2.24) is 5.06 Å². The summed E-state index contributed by atoms with van der Waals surface area (Å²) in [6, 6.07) is 27.7. The van der Waals surface area contributed by atoms with E-state index in [-0.39, 0.29) is 17.5 Å². The van der Waals surface area contributed by atoms with E-state index in [1.807, 2.05) is 114 Å². The largest absolute Gasteiger partial charge is 0.857 e. The molecule has 1 atom stereocenters. The number of likely N-dealkylation sites (N-methyl/N-ethyl adjacent to an activating group) is 1. The first-order chi connectivity index (χ1) is 27.3. The molecule has 5 rings (SSSR count).